The van der Waals surface area contributed by atoms with Gasteiger partial charge in [0.25, 0.3) is 5.91 Å². The largest absolute Gasteiger partial charge is 0.503 e. The smallest absolute Gasteiger partial charge is 0.294 e. The lowest BCUT2D eigenvalue weighted by Crippen LogP contribution is -2.31. The van der Waals surface area contributed by atoms with Gasteiger partial charge in [0.15, 0.2) is 11.5 Å². The first-order valence-corrected chi connectivity index (χ1v) is 10.5. The molecule has 0 bridgehead atoms. The summed E-state index contributed by atoms with van der Waals surface area (Å²) in [7, 11) is 7.80. The third-order valence-electron chi connectivity index (χ3n) is 5.47. The summed E-state index contributed by atoms with van der Waals surface area (Å²) < 4.78 is 0. The molecule has 31 heavy (non-hydrogen) atoms. The van der Waals surface area contributed by atoms with Crippen LogP contribution in [0.25, 0.3) is 0 Å². The first-order valence-electron chi connectivity index (χ1n) is 10.5. The van der Waals surface area contributed by atoms with E-state index >= 15 is 0 Å². The number of Topliss-reactive ketones (excluding diaryl/α,β-unsaturated/α-hetero) is 1. The van der Waals surface area contributed by atoms with Gasteiger partial charge in [0, 0.05) is 51.7 Å². The molecule has 1 amide bonds. The van der Waals surface area contributed by atoms with Gasteiger partial charge in [-0.2, -0.15) is 0 Å². The summed E-state index contributed by atoms with van der Waals surface area (Å²) >= 11 is 0. The Bertz CT molecular complexity index is 990. The molecule has 0 fully saturated rings. The molecule has 0 saturated carbocycles. The average molecular weight is 422 g/mol. The number of amides is 1. The molecule has 0 aromatic heterocycles. The number of ketones is 1. The summed E-state index contributed by atoms with van der Waals surface area (Å²) in [6, 6.07) is 14.6. The zero-order chi connectivity index (χ0) is 22.9. The van der Waals surface area contributed by atoms with Crippen LogP contribution >= 0.6 is 0 Å². The highest BCUT2D eigenvalue weighted by atomic mass is 16.3. The van der Waals surface area contributed by atoms with Crippen LogP contribution in [0.15, 0.2) is 59.9 Å². The maximum absolute atomic E-state index is 13.1. The first-order chi connectivity index (χ1) is 14.6. The molecule has 2 aromatic rings. The molecule has 1 N–H and O–H groups in total. The number of anilines is 3. The number of hydrogen-bond acceptors (Lipinski definition) is 5. The quantitative estimate of drug-likeness (QED) is 0.721. The number of carbonyl (C=O) groups excluding carboxylic acids is 2. The standard InChI is InChI=1S/C25H31N3O3/c1-16(2)15-21(29)22-23(17-7-9-18(10-8-17)26(3)4)28(25(31)24(22)30)20-13-11-19(12-14-20)27(5)6/h7-14,16,23,30H,15H2,1-6H3. The van der Waals surface area contributed by atoms with Crippen LogP contribution in [-0.2, 0) is 9.59 Å². The van der Waals surface area contributed by atoms with Crippen LogP contribution in [0.5, 0.6) is 0 Å². The lowest BCUT2D eigenvalue weighted by molar-refractivity contribution is -0.118. The lowest BCUT2D eigenvalue weighted by atomic mass is 9.92. The Labute approximate surface area is 184 Å². The number of aliphatic hydroxyl groups excluding tert-OH is 1. The second-order valence-electron chi connectivity index (χ2n) is 8.76. The van der Waals surface area contributed by atoms with Gasteiger partial charge in [-0.05, 0) is 47.9 Å². The van der Waals surface area contributed by atoms with E-state index in [2.05, 4.69) is 0 Å². The van der Waals surface area contributed by atoms with Crippen LogP contribution in [0.4, 0.5) is 17.1 Å². The molecule has 164 valence electrons. The van der Waals surface area contributed by atoms with Crippen LogP contribution in [0, 0.1) is 5.92 Å². The molecule has 0 saturated heterocycles. The second kappa shape index (κ2) is 8.84. The Kier molecular flexibility index (Phi) is 6.39. The molecule has 1 aliphatic rings. The van der Waals surface area contributed by atoms with E-state index in [-0.39, 0.29) is 23.7 Å². The molecule has 1 heterocycles. The van der Waals surface area contributed by atoms with Crippen LogP contribution < -0.4 is 14.7 Å². The zero-order valence-corrected chi connectivity index (χ0v) is 19.1. The highest BCUT2D eigenvalue weighted by Gasteiger charge is 2.44. The van der Waals surface area contributed by atoms with Crippen molar-refractivity contribution in [2.24, 2.45) is 5.92 Å². The molecule has 0 radical (unpaired) electrons. The normalized spacial score (nSPS) is 16.3. The predicted octanol–water partition coefficient (Wildman–Crippen LogP) is 4.33. The van der Waals surface area contributed by atoms with E-state index in [1.54, 1.807) is 0 Å². The molecule has 3 rings (SSSR count). The van der Waals surface area contributed by atoms with Gasteiger partial charge in [-0.1, -0.05) is 26.0 Å². The molecule has 6 nitrogen and oxygen atoms in total. The number of aliphatic hydroxyl groups is 1. The van der Waals surface area contributed by atoms with Crippen molar-refractivity contribution in [3.8, 4) is 0 Å². The van der Waals surface area contributed by atoms with Gasteiger partial charge >= 0.3 is 0 Å². The lowest BCUT2D eigenvalue weighted by Gasteiger charge is -2.28. The Morgan fingerprint density at radius 2 is 1.42 bits per heavy atom. The van der Waals surface area contributed by atoms with Gasteiger partial charge in [-0.3, -0.25) is 14.5 Å². The van der Waals surface area contributed by atoms with Crippen LogP contribution in [0.1, 0.15) is 31.9 Å². The molecule has 1 aliphatic heterocycles. The van der Waals surface area contributed by atoms with E-state index < -0.39 is 17.7 Å². The van der Waals surface area contributed by atoms with Crippen molar-refractivity contribution in [1.82, 2.24) is 0 Å². The molecule has 1 unspecified atom stereocenters. The molecule has 1 atom stereocenters. The number of nitrogens with zero attached hydrogens (tertiary/aromatic N) is 3. The monoisotopic (exact) mass is 421 g/mol. The number of benzene rings is 2. The average Bonchev–Trinajstić information content (AvgIpc) is 2.98. The van der Waals surface area contributed by atoms with Crippen LogP contribution in [0.2, 0.25) is 0 Å². The van der Waals surface area contributed by atoms with Crippen molar-refractivity contribution >= 4 is 28.8 Å². The molecule has 0 spiro atoms. The summed E-state index contributed by atoms with van der Waals surface area (Å²) in [5.41, 5.74) is 3.60. The van der Waals surface area contributed by atoms with E-state index in [1.807, 2.05) is 100 Å². The van der Waals surface area contributed by atoms with E-state index in [0.29, 0.717) is 5.69 Å². The fourth-order valence-corrected chi connectivity index (χ4v) is 3.82. The predicted molar refractivity (Wildman–Crippen MR) is 126 cm³/mol. The van der Waals surface area contributed by atoms with Gasteiger partial charge < -0.3 is 14.9 Å². The van der Waals surface area contributed by atoms with Crippen molar-refractivity contribution < 1.29 is 14.7 Å². The van der Waals surface area contributed by atoms with Crippen molar-refractivity contribution in [2.45, 2.75) is 26.3 Å². The summed E-state index contributed by atoms with van der Waals surface area (Å²) in [6.45, 7) is 3.90. The summed E-state index contributed by atoms with van der Waals surface area (Å²) in [6.07, 6.45) is 0.270. The number of rotatable bonds is 7. The maximum Gasteiger partial charge on any atom is 0.294 e. The maximum atomic E-state index is 13.1. The molecular formula is C25H31N3O3. The third-order valence-corrected chi connectivity index (χ3v) is 5.47. The Morgan fingerprint density at radius 1 is 0.935 bits per heavy atom. The molecular weight excluding hydrogens is 390 g/mol. The highest BCUT2D eigenvalue weighted by molar-refractivity contribution is 6.16. The van der Waals surface area contributed by atoms with Gasteiger partial charge in [0.05, 0.1) is 11.6 Å². The molecule has 6 heteroatoms. The highest BCUT2D eigenvalue weighted by Crippen LogP contribution is 2.42. The molecule has 0 aliphatic carbocycles. The fourth-order valence-electron chi connectivity index (χ4n) is 3.82. The van der Waals surface area contributed by atoms with E-state index in [4.69, 9.17) is 0 Å². The Morgan fingerprint density at radius 3 is 1.87 bits per heavy atom. The van der Waals surface area contributed by atoms with Crippen molar-refractivity contribution in [3.63, 3.8) is 0 Å². The second-order valence-corrected chi connectivity index (χ2v) is 8.76. The SMILES string of the molecule is CC(C)CC(=O)C1=C(O)C(=O)N(c2ccc(N(C)C)cc2)C1c1ccc(N(C)C)cc1. The van der Waals surface area contributed by atoms with Crippen LogP contribution in [0.3, 0.4) is 0 Å². The van der Waals surface area contributed by atoms with Gasteiger partial charge in [0.2, 0.25) is 0 Å². The number of carbonyl (C=O) groups is 2. The number of hydrogen-bond donors (Lipinski definition) is 1. The minimum atomic E-state index is -0.667. The summed E-state index contributed by atoms with van der Waals surface area (Å²) in [5, 5.41) is 10.7. The Balaban J connectivity index is 2.10. The van der Waals surface area contributed by atoms with E-state index in [0.717, 1.165) is 16.9 Å². The van der Waals surface area contributed by atoms with Crippen molar-refractivity contribution in [1.29, 1.82) is 0 Å². The third kappa shape index (κ3) is 4.43. The topological polar surface area (TPSA) is 64.1 Å². The van der Waals surface area contributed by atoms with E-state index in [1.165, 1.54) is 4.90 Å². The fraction of sp³-hybridized carbons (Fsp3) is 0.360. The zero-order valence-electron chi connectivity index (χ0n) is 19.1. The van der Waals surface area contributed by atoms with Gasteiger partial charge in [-0.25, -0.2) is 0 Å². The minimum Gasteiger partial charge on any atom is -0.503 e. The van der Waals surface area contributed by atoms with E-state index in [9.17, 15) is 14.7 Å². The van der Waals surface area contributed by atoms with Crippen molar-refractivity contribution in [3.05, 3.63) is 65.4 Å². The summed E-state index contributed by atoms with van der Waals surface area (Å²) in [4.78, 5) is 31.7. The van der Waals surface area contributed by atoms with Gasteiger partial charge in [-0.15, -0.1) is 0 Å². The Hall–Kier alpha value is -3.28. The summed E-state index contributed by atoms with van der Waals surface area (Å²) in [5.74, 6) is -1.08. The van der Waals surface area contributed by atoms with Gasteiger partial charge in [0.1, 0.15) is 0 Å². The first kappa shape index (κ1) is 22.4. The molecule has 2 aromatic carbocycles. The van der Waals surface area contributed by atoms with Crippen LogP contribution in [-0.4, -0.2) is 45.0 Å². The minimum absolute atomic E-state index is 0.119. The van der Waals surface area contributed by atoms with Crippen molar-refractivity contribution in [2.75, 3.05) is 42.9 Å².